The van der Waals surface area contributed by atoms with Crippen molar-refractivity contribution in [2.45, 2.75) is 31.0 Å². The maximum Gasteiger partial charge on any atom is 0.319 e. The van der Waals surface area contributed by atoms with Crippen molar-refractivity contribution in [3.05, 3.63) is 84.2 Å². The number of alkyl halides is 2. The molecule has 2 aromatic heterocycles. The standard InChI is InChI=1S/C21H19F2N5OS/c1-15-7-5-6-10-17(15)29-13-18-25-26-21(28(18)16-8-3-2-4-9-16)30-14-19-24-11-12-27(19)20(22)23/h2-12,20H,13-14H2,1H3. The van der Waals surface area contributed by atoms with Gasteiger partial charge in [-0.3, -0.25) is 9.13 Å². The van der Waals surface area contributed by atoms with Crippen LogP contribution in [0.3, 0.4) is 0 Å². The molecule has 0 amide bonds. The zero-order valence-corrected chi connectivity index (χ0v) is 17.0. The quantitative estimate of drug-likeness (QED) is 0.369. The molecule has 0 radical (unpaired) electrons. The van der Waals surface area contributed by atoms with Crippen molar-refractivity contribution in [3.63, 3.8) is 0 Å². The highest BCUT2D eigenvalue weighted by atomic mass is 32.2. The zero-order valence-electron chi connectivity index (χ0n) is 16.2. The first-order valence-corrected chi connectivity index (χ1v) is 10.2. The summed E-state index contributed by atoms with van der Waals surface area (Å²) >= 11 is 1.29. The molecule has 4 rings (SSSR count). The van der Waals surface area contributed by atoms with Crippen molar-refractivity contribution in [3.8, 4) is 11.4 Å². The van der Waals surface area contributed by atoms with Crippen LogP contribution in [0.25, 0.3) is 5.69 Å². The number of rotatable bonds is 8. The fraction of sp³-hybridized carbons (Fsp3) is 0.190. The average Bonchev–Trinajstić information content (AvgIpc) is 3.39. The summed E-state index contributed by atoms with van der Waals surface area (Å²) in [6.45, 7) is -0.434. The summed E-state index contributed by atoms with van der Waals surface area (Å²) in [5.41, 5.74) is 1.89. The average molecular weight is 427 g/mol. The third-order valence-electron chi connectivity index (χ3n) is 4.45. The Morgan fingerprint density at radius 1 is 1.00 bits per heavy atom. The number of aromatic nitrogens is 5. The van der Waals surface area contributed by atoms with E-state index in [1.165, 1.54) is 24.2 Å². The number of para-hydroxylation sites is 2. The highest BCUT2D eigenvalue weighted by Crippen LogP contribution is 2.27. The molecule has 0 aliphatic carbocycles. The highest BCUT2D eigenvalue weighted by molar-refractivity contribution is 7.98. The molecule has 0 aliphatic rings. The zero-order chi connectivity index (χ0) is 20.9. The molecular weight excluding hydrogens is 408 g/mol. The first-order chi connectivity index (χ1) is 14.6. The lowest BCUT2D eigenvalue weighted by molar-refractivity contribution is 0.0678. The van der Waals surface area contributed by atoms with E-state index in [9.17, 15) is 8.78 Å². The molecule has 0 aliphatic heterocycles. The number of hydrogen-bond donors (Lipinski definition) is 0. The lowest BCUT2D eigenvalue weighted by Gasteiger charge is -2.12. The predicted octanol–water partition coefficient (Wildman–Crippen LogP) is 5.04. The van der Waals surface area contributed by atoms with Crippen molar-refractivity contribution in [1.29, 1.82) is 0 Å². The lowest BCUT2D eigenvalue weighted by atomic mass is 10.2. The molecule has 154 valence electrons. The number of halogens is 2. The van der Waals surface area contributed by atoms with Crippen LogP contribution in [0.15, 0.2) is 72.1 Å². The van der Waals surface area contributed by atoms with Crippen LogP contribution in [0.1, 0.15) is 23.8 Å². The predicted molar refractivity (Wildman–Crippen MR) is 110 cm³/mol. The van der Waals surface area contributed by atoms with Crippen LogP contribution < -0.4 is 4.74 Å². The smallest absolute Gasteiger partial charge is 0.319 e. The summed E-state index contributed by atoms with van der Waals surface area (Å²) in [6, 6.07) is 17.4. The van der Waals surface area contributed by atoms with Crippen molar-refractivity contribution in [1.82, 2.24) is 24.3 Å². The minimum atomic E-state index is -2.63. The largest absolute Gasteiger partial charge is 0.485 e. The van der Waals surface area contributed by atoms with E-state index in [1.807, 2.05) is 66.1 Å². The second-order valence-electron chi connectivity index (χ2n) is 6.44. The van der Waals surface area contributed by atoms with Gasteiger partial charge >= 0.3 is 6.55 Å². The minimum Gasteiger partial charge on any atom is -0.485 e. The third-order valence-corrected chi connectivity index (χ3v) is 5.38. The van der Waals surface area contributed by atoms with Gasteiger partial charge in [0, 0.05) is 18.1 Å². The Morgan fingerprint density at radius 3 is 2.53 bits per heavy atom. The van der Waals surface area contributed by atoms with Crippen LogP contribution in [0.4, 0.5) is 8.78 Å². The molecule has 0 bridgehead atoms. The number of thioether (sulfide) groups is 1. The Kier molecular flexibility index (Phi) is 6.08. The topological polar surface area (TPSA) is 57.8 Å². The van der Waals surface area contributed by atoms with E-state index in [0.717, 1.165) is 21.6 Å². The SMILES string of the molecule is Cc1ccccc1OCc1nnc(SCc2nccn2C(F)F)n1-c1ccccc1. The lowest BCUT2D eigenvalue weighted by Crippen LogP contribution is -2.07. The monoisotopic (exact) mass is 427 g/mol. The maximum atomic E-state index is 13.1. The van der Waals surface area contributed by atoms with Crippen LogP contribution in [0.2, 0.25) is 0 Å². The number of benzene rings is 2. The molecule has 0 spiro atoms. The van der Waals surface area contributed by atoms with Crippen LogP contribution in [-0.2, 0) is 12.4 Å². The first-order valence-electron chi connectivity index (χ1n) is 9.24. The summed E-state index contributed by atoms with van der Waals surface area (Å²) in [6.07, 6.45) is 2.63. The second kappa shape index (κ2) is 9.08. The molecule has 2 heterocycles. The van der Waals surface area contributed by atoms with Crippen molar-refractivity contribution < 1.29 is 13.5 Å². The molecule has 6 nitrogen and oxygen atoms in total. The molecule has 0 atom stereocenters. The fourth-order valence-electron chi connectivity index (χ4n) is 2.95. The van der Waals surface area contributed by atoms with Gasteiger partial charge in [0.2, 0.25) is 0 Å². The van der Waals surface area contributed by atoms with Gasteiger partial charge in [0.1, 0.15) is 18.2 Å². The number of ether oxygens (including phenoxy) is 1. The summed E-state index contributed by atoms with van der Waals surface area (Å²) in [5, 5.41) is 9.14. The summed E-state index contributed by atoms with van der Waals surface area (Å²) in [7, 11) is 0. The Labute approximate surface area is 176 Å². The van der Waals surface area contributed by atoms with Gasteiger partial charge in [0.25, 0.3) is 0 Å². The van der Waals surface area contributed by atoms with Crippen LogP contribution >= 0.6 is 11.8 Å². The number of nitrogens with zero attached hydrogens (tertiary/aromatic N) is 5. The van der Waals surface area contributed by atoms with E-state index >= 15 is 0 Å². The summed E-state index contributed by atoms with van der Waals surface area (Å²) in [5.74, 6) is 1.90. The fourth-order valence-corrected chi connectivity index (χ4v) is 3.87. The normalized spacial score (nSPS) is 11.2. The highest BCUT2D eigenvalue weighted by Gasteiger charge is 2.18. The number of aryl methyl sites for hydroxylation is 1. The Morgan fingerprint density at radius 2 is 1.77 bits per heavy atom. The molecule has 30 heavy (non-hydrogen) atoms. The van der Waals surface area contributed by atoms with Crippen LogP contribution in [-0.4, -0.2) is 24.3 Å². The molecule has 0 saturated heterocycles. The van der Waals surface area contributed by atoms with E-state index in [4.69, 9.17) is 4.74 Å². The number of hydrogen-bond acceptors (Lipinski definition) is 5. The van der Waals surface area contributed by atoms with Crippen molar-refractivity contribution in [2.75, 3.05) is 0 Å². The number of imidazole rings is 1. The van der Waals surface area contributed by atoms with Crippen LogP contribution in [0.5, 0.6) is 5.75 Å². The summed E-state index contributed by atoms with van der Waals surface area (Å²) < 4.78 is 34.9. The molecule has 9 heteroatoms. The van der Waals surface area contributed by atoms with Crippen molar-refractivity contribution in [2.24, 2.45) is 0 Å². The van der Waals surface area contributed by atoms with Gasteiger partial charge < -0.3 is 4.74 Å². The van der Waals surface area contributed by atoms with Gasteiger partial charge in [0.05, 0.1) is 5.75 Å². The van der Waals surface area contributed by atoms with E-state index in [2.05, 4.69) is 15.2 Å². The molecule has 2 aromatic carbocycles. The van der Waals surface area contributed by atoms with Gasteiger partial charge in [-0.05, 0) is 30.7 Å². The first kappa shape index (κ1) is 20.1. The molecule has 4 aromatic rings. The van der Waals surface area contributed by atoms with Gasteiger partial charge in [0.15, 0.2) is 11.0 Å². The van der Waals surface area contributed by atoms with E-state index in [1.54, 1.807) is 0 Å². The minimum absolute atomic E-state index is 0.221. The van der Waals surface area contributed by atoms with E-state index in [-0.39, 0.29) is 18.2 Å². The van der Waals surface area contributed by atoms with Crippen LogP contribution in [0, 0.1) is 6.92 Å². The molecule has 0 saturated carbocycles. The van der Waals surface area contributed by atoms with E-state index in [0.29, 0.717) is 11.0 Å². The van der Waals surface area contributed by atoms with Gasteiger partial charge in [-0.2, -0.15) is 8.78 Å². The maximum absolute atomic E-state index is 13.1. The molecule has 0 fully saturated rings. The Bertz CT molecular complexity index is 1110. The van der Waals surface area contributed by atoms with Gasteiger partial charge in [-0.1, -0.05) is 48.2 Å². The molecule has 0 unspecified atom stereocenters. The van der Waals surface area contributed by atoms with Gasteiger partial charge in [-0.15, -0.1) is 10.2 Å². The summed E-state index contributed by atoms with van der Waals surface area (Å²) in [4.78, 5) is 4.03. The molecular formula is C21H19F2N5OS. The third kappa shape index (κ3) is 4.35. The van der Waals surface area contributed by atoms with Crippen molar-refractivity contribution >= 4 is 11.8 Å². The Hall–Kier alpha value is -3.20. The molecule has 0 N–H and O–H groups in total. The second-order valence-corrected chi connectivity index (χ2v) is 7.38. The van der Waals surface area contributed by atoms with E-state index < -0.39 is 6.55 Å². The Balaban J connectivity index is 1.59. The van der Waals surface area contributed by atoms with Gasteiger partial charge in [-0.25, -0.2) is 4.98 Å².